The minimum Gasteiger partial charge on any atom is -0.352 e. The van der Waals surface area contributed by atoms with Crippen molar-refractivity contribution in [3.05, 3.63) is 0 Å². The number of hydrogen-bond donors (Lipinski definition) is 2. The van der Waals surface area contributed by atoms with E-state index in [9.17, 15) is 0 Å². The van der Waals surface area contributed by atoms with Crippen molar-refractivity contribution in [2.24, 2.45) is 11.5 Å². The van der Waals surface area contributed by atoms with E-state index in [1.165, 1.54) is 0 Å². The summed E-state index contributed by atoms with van der Waals surface area (Å²) < 4.78 is 0. The number of amides is 2. The zero-order valence-corrected chi connectivity index (χ0v) is 8.18. The third-order valence-corrected chi connectivity index (χ3v) is 0. The van der Waals surface area contributed by atoms with Crippen LogP contribution in [-0.2, 0) is 0 Å². The largest absolute Gasteiger partial charge is 0.352 e. The van der Waals surface area contributed by atoms with Crippen molar-refractivity contribution >= 4 is 77.5 Å². The van der Waals surface area contributed by atoms with Gasteiger partial charge in [-0.1, -0.05) is 0 Å². The van der Waals surface area contributed by atoms with Crippen LogP contribution in [0.15, 0.2) is 0 Å². The molecule has 3 nitrogen and oxygen atoms in total. The molecule has 0 aromatic carbocycles. The second-order valence-corrected chi connectivity index (χ2v) is 0.402. The smallest absolute Gasteiger partial charge is 0.309 e. The average molecular weight is 114 g/mol. The predicted molar refractivity (Wildman–Crippen MR) is 31.0 cm³/mol. The van der Waals surface area contributed by atoms with Crippen LogP contribution in [0.4, 0.5) is 4.79 Å². The number of primary amides is 2. The zero-order valence-electron chi connectivity index (χ0n) is 4.77. The average Bonchev–Trinajstić information content (AvgIpc) is 0.811. The van der Waals surface area contributed by atoms with Gasteiger partial charge in [0.25, 0.3) is 0 Å². The van der Waals surface area contributed by atoms with Crippen LogP contribution in [0.1, 0.15) is 0 Å². The summed E-state index contributed by atoms with van der Waals surface area (Å²) in [6, 6.07) is -0.833. The second kappa shape index (κ2) is 15.6. The van der Waals surface area contributed by atoms with E-state index in [0.29, 0.717) is 0 Å². The van der Waals surface area contributed by atoms with Gasteiger partial charge in [-0.15, -0.1) is 0 Å². The van der Waals surface area contributed by atoms with E-state index in [1.54, 1.807) is 0 Å². The van der Waals surface area contributed by atoms with Gasteiger partial charge >= 0.3 is 6.03 Å². The summed E-state index contributed by atoms with van der Waals surface area (Å²) in [5.74, 6) is 0. The van der Waals surface area contributed by atoms with Crippen molar-refractivity contribution < 1.29 is 4.79 Å². The summed E-state index contributed by atoms with van der Waals surface area (Å²) in [5.41, 5.74) is 8.50. The van der Waals surface area contributed by atoms with Crippen LogP contribution in [0.2, 0.25) is 0 Å². The summed E-state index contributed by atoms with van der Waals surface area (Å²) in [4.78, 5) is 9.00. The predicted octanol–water partition coefficient (Wildman–Crippen LogP) is -2.12. The topological polar surface area (TPSA) is 69.1 Å². The minimum atomic E-state index is -0.833. The van der Waals surface area contributed by atoms with Crippen molar-refractivity contribution in [3.8, 4) is 0 Å². The number of carbonyl (C=O) groups is 1. The maximum absolute atomic E-state index is 9.00. The molecule has 0 aliphatic carbocycles. The molecule has 4 radical (unpaired) electrons. The van der Waals surface area contributed by atoms with Crippen LogP contribution in [0.25, 0.3) is 0 Å². The quantitative estimate of drug-likeness (QED) is 0.347. The van der Waals surface area contributed by atoms with Crippen molar-refractivity contribution in [1.29, 1.82) is 0 Å². The minimum absolute atomic E-state index is 0. The molecule has 0 aromatic heterocycles. The molecule has 0 fully saturated rings. The summed E-state index contributed by atoms with van der Waals surface area (Å²) in [6.45, 7) is 0. The van der Waals surface area contributed by atoms with Gasteiger partial charge in [-0.25, -0.2) is 4.79 Å². The summed E-state index contributed by atoms with van der Waals surface area (Å²) in [6.07, 6.45) is 0. The standard InChI is InChI=1S/CH4N2O.Li.Mg.Na/c2-1(3)4;;;/h(H4,2,3,4);;;. The Morgan fingerprint density at radius 3 is 1.29 bits per heavy atom. The van der Waals surface area contributed by atoms with Gasteiger partial charge < -0.3 is 11.5 Å². The molecule has 0 atom stereocenters. The Hall–Kier alpha value is 1.63. The Labute approximate surface area is 92.6 Å². The van der Waals surface area contributed by atoms with Gasteiger partial charge in [-0.2, -0.15) is 0 Å². The Balaban J connectivity index is -0.0000000150. The van der Waals surface area contributed by atoms with Crippen LogP contribution in [-0.4, -0.2) is 77.5 Å². The Kier molecular flexibility index (Phi) is 52.4. The van der Waals surface area contributed by atoms with Crippen LogP contribution in [0.5, 0.6) is 0 Å². The number of carbonyl (C=O) groups excluding carboxylic acids is 1. The zero-order chi connectivity index (χ0) is 3.58. The second-order valence-electron chi connectivity index (χ2n) is 0.402. The van der Waals surface area contributed by atoms with Crippen molar-refractivity contribution in [3.63, 3.8) is 0 Å². The first kappa shape index (κ1) is 23.4. The molecule has 0 aliphatic heterocycles. The van der Waals surface area contributed by atoms with Gasteiger partial charge in [-0.3, -0.25) is 0 Å². The molecule has 0 aromatic rings. The Morgan fingerprint density at radius 2 is 1.29 bits per heavy atom. The van der Waals surface area contributed by atoms with Crippen molar-refractivity contribution in [2.75, 3.05) is 0 Å². The van der Waals surface area contributed by atoms with Gasteiger partial charge in [0, 0.05) is 71.5 Å². The fourth-order valence-corrected chi connectivity index (χ4v) is 0. The van der Waals surface area contributed by atoms with E-state index in [2.05, 4.69) is 11.5 Å². The molecular formula is CH4LiMgN2NaO. The fraction of sp³-hybridized carbons (Fsp3) is 0. The van der Waals surface area contributed by atoms with Gasteiger partial charge in [0.05, 0.1) is 0 Å². The maximum atomic E-state index is 9.00. The summed E-state index contributed by atoms with van der Waals surface area (Å²) in [5, 5.41) is 0. The SMILES string of the molecule is NC(N)=O.[Li].[Mg].[Na]. The van der Waals surface area contributed by atoms with E-state index in [1.807, 2.05) is 0 Å². The number of nitrogens with two attached hydrogens (primary N) is 2. The summed E-state index contributed by atoms with van der Waals surface area (Å²) >= 11 is 0. The van der Waals surface area contributed by atoms with Gasteiger partial charge in [0.1, 0.15) is 0 Å². The third kappa shape index (κ3) is 90.8. The van der Waals surface area contributed by atoms with Crippen LogP contribution < -0.4 is 11.5 Å². The third-order valence-electron chi connectivity index (χ3n) is 0. The van der Waals surface area contributed by atoms with Crippen molar-refractivity contribution in [2.45, 2.75) is 0 Å². The first-order valence-corrected chi connectivity index (χ1v) is 0.781. The van der Waals surface area contributed by atoms with Gasteiger partial charge in [-0.05, 0) is 0 Å². The molecule has 0 heterocycles. The maximum Gasteiger partial charge on any atom is 0.309 e. The molecule has 0 saturated carbocycles. The molecule has 0 spiro atoms. The van der Waals surface area contributed by atoms with E-state index in [4.69, 9.17) is 4.79 Å². The monoisotopic (exact) mass is 114 g/mol. The molecule has 28 valence electrons. The number of urea groups is 1. The van der Waals surface area contributed by atoms with Crippen LogP contribution >= 0.6 is 0 Å². The molecular weight excluding hydrogens is 110 g/mol. The number of hydrogen-bond acceptors (Lipinski definition) is 1. The first-order valence-electron chi connectivity index (χ1n) is 0.781. The van der Waals surface area contributed by atoms with E-state index < -0.39 is 6.03 Å². The molecule has 0 saturated heterocycles. The summed E-state index contributed by atoms with van der Waals surface area (Å²) in [7, 11) is 0. The first-order chi connectivity index (χ1) is 1.73. The molecule has 7 heavy (non-hydrogen) atoms. The molecule has 2 amide bonds. The van der Waals surface area contributed by atoms with Crippen LogP contribution in [0.3, 0.4) is 0 Å². The molecule has 0 bridgehead atoms. The normalized spacial score (nSPS) is 3.43. The van der Waals surface area contributed by atoms with E-state index >= 15 is 0 Å². The molecule has 6 heteroatoms. The Bertz CT molecular complexity index is 40.7. The molecule has 0 aliphatic rings. The van der Waals surface area contributed by atoms with Crippen molar-refractivity contribution in [1.82, 2.24) is 0 Å². The van der Waals surface area contributed by atoms with E-state index in [0.717, 1.165) is 0 Å². The van der Waals surface area contributed by atoms with Gasteiger partial charge in [0.15, 0.2) is 0 Å². The molecule has 4 N–H and O–H groups in total. The number of rotatable bonds is 0. The molecule has 0 rings (SSSR count). The molecule has 0 unspecified atom stereocenters. The van der Waals surface area contributed by atoms with E-state index in [-0.39, 0.29) is 71.5 Å². The Morgan fingerprint density at radius 1 is 1.29 bits per heavy atom. The van der Waals surface area contributed by atoms with Crippen LogP contribution in [0, 0.1) is 0 Å². The van der Waals surface area contributed by atoms with Gasteiger partial charge in [0.2, 0.25) is 0 Å². The fourth-order valence-electron chi connectivity index (χ4n) is 0.